The van der Waals surface area contributed by atoms with Gasteiger partial charge in [0, 0.05) is 12.1 Å². The molecule has 6 nitrogen and oxygen atoms in total. The summed E-state index contributed by atoms with van der Waals surface area (Å²) in [5.41, 5.74) is 2.13. The number of aliphatic hydroxyl groups is 2. The molecule has 1 amide bonds. The fourth-order valence-electron chi connectivity index (χ4n) is 3.35. The number of hydrogen-bond acceptors (Lipinski definition) is 5. The summed E-state index contributed by atoms with van der Waals surface area (Å²) >= 11 is 0. The molecule has 1 heterocycles. The van der Waals surface area contributed by atoms with Gasteiger partial charge in [-0.15, -0.1) is 0 Å². The molecular formula is C22H23NO5. The second kappa shape index (κ2) is 7.86. The summed E-state index contributed by atoms with van der Waals surface area (Å²) in [5.74, 6) is -1.10. The zero-order valence-electron chi connectivity index (χ0n) is 16.0. The highest BCUT2D eigenvalue weighted by Gasteiger charge is 2.46. The van der Waals surface area contributed by atoms with Crippen LogP contribution in [0.15, 0.2) is 54.1 Å². The number of likely N-dealkylation sites (tertiary alicyclic amines) is 1. The molecule has 28 heavy (non-hydrogen) atoms. The van der Waals surface area contributed by atoms with Crippen molar-refractivity contribution >= 4 is 17.4 Å². The van der Waals surface area contributed by atoms with Crippen LogP contribution in [-0.4, -0.2) is 46.6 Å². The first-order valence-corrected chi connectivity index (χ1v) is 9.01. The molecule has 0 aromatic heterocycles. The number of nitrogens with zero attached hydrogens (tertiary/aromatic N) is 1. The molecule has 1 aliphatic rings. The van der Waals surface area contributed by atoms with Gasteiger partial charge in [0.1, 0.15) is 11.5 Å². The number of ether oxygens (including phenoxy) is 1. The third-order valence-electron chi connectivity index (χ3n) is 4.76. The van der Waals surface area contributed by atoms with E-state index in [1.54, 1.807) is 50.4 Å². The highest BCUT2D eigenvalue weighted by Crippen LogP contribution is 2.39. The van der Waals surface area contributed by atoms with Crippen molar-refractivity contribution in [2.24, 2.45) is 0 Å². The summed E-state index contributed by atoms with van der Waals surface area (Å²) < 4.78 is 5.17. The molecule has 1 saturated heterocycles. The molecule has 3 rings (SSSR count). The summed E-state index contributed by atoms with van der Waals surface area (Å²) in [6.07, 6.45) is -0.821. The Kier molecular flexibility index (Phi) is 5.51. The molecule has 0 unspecified atom stereocenters. The lowest BCUT2D eigenvalue weighted by Gasteiger charge is -2.26. The minimum Gasteiger partial charge on any atom is -0.507 e. The van der Waals surface area contributed by atoms with E-state index in [1.165, 1.54) is 4.90 Å². The molecule has 1 fully saturated rings. The Morgan fingerprint density at radius 1 is 1.11 bits per heavy atom. The van der Waals surface area contributed by atoms with Gasteiger partial charge >= 0.3 is 0 Å². The predicted octanol–water partition coefficient (Wildman–Crippen LogP) is 2.81. The second-order valence-electron chi connectivity index (χ2n) is 6.94. The average molecular weight is 381 g/mol. The van der Waals surface area contributed by atoms with Crippen LogP contribution in [-0.2, 0) is 9.59 Å². The van der Waals surface area contributed by atoms with Crippen LogP contribution in [0.2, 0.25) is 0 Å². The maximum Gasteiger partial charge on any atom is 0.295 e. The molecule has 2 atom stereocenters. The average Bonchev–Trinajstić information content (AvgIpc) is 2.92. The van der Waals surface area contributed by atoms with E-state index in [2.05, 4.69) is 0 Å². The SMILES string of the molecule is COc1ccc([C@H]2C(=C(O)c3ccc(C)cc3)C(=O)C(=O)N2C[C@H](C)O)cc1. The summed E-state index contributed by atoms with van der Waals surface area (Å²) in [6.45, 7) is 3.44. The Morgan fingerprint density at radius 3 is 2.25 bits per heavy atom. The largest absolute Gasteiger partial charge is 0.507 e. The Bertz CT molecular complexity index is 913. The van der Waals surface area contributed by atoms with E-state index in [0.29, 0.717) is 16.9 Å². The molecular weight excluding hydrogens is 358 g/mol. The van der Waals surface area contributed by atoms with Gasteiger partial charge in [-0.3, -0.25) is 9.59 Å². The Hall–Kier alpha value is -3.12. The number of carbonyl (C=O) groups is 2. The molecule has 1 aliphatic heterocycles. The molecule has 2 N–H and O–H groups in total. The summed E-state index contributed by atoms with van der Waals surface area (Å²) in [6, 6.07) is 13.2. The van der Waals surface area contributed by atoms with Gasteiger partial charge < -0.3 is 19.8 Å². The van der Waals surface area contributed by atoms with Crippen LogP contribution in [0.3, 0.4) is 0 Å². The van der Waals surface area contributed by atoms with Gasteiger partial charge in [0.15, 0.2) is 0 Å². The van der Waals surface area contributed by atoms with Crippen LogP contribution in [0.25, 0.3) is 5.76 Å². The number of aryl methyl sites for hydroxylation is 1. The van der Waals surface area contributed by atoms with Crippen LogP contribution < -0.4 is 4.74 Å². The Labute approximate surface area is 163 Å². The summed E-state index contributed by atoms with van der Waals surface area (Å²) in [5, 5.41) is 20.7. The standard InChI is InChI=1S/C22H23NO5/c1-13-4-6-16(7-5-13)20(25)18-19(15-8-10-17(28-3)11-9-15)23(12-14(2)24)22(27)21(18)26/h4-11,14,19,24-25H,12H2,1-3H3/t14-,19-/m0/s1. The van der Waals surface area contributed by atoms with Gasteiger partial charge in [-0.1, -0.05) is 42.0 Å². The van der Waals surface area contributed by atoms with Gasteiger partial charge in [0.25, 0.3) is 11.7 Å². The molecule has 0 aliphatic carbocycles. The first kappa shape index (κ1) is 19.6. The van der Waals surface area contributed by atoms with Crippen molar-refractivity contribution < 1.29 is 24.5 Å². The van der Waals surface area contributed by atoms with Gasteiger partial charge in [0.2, 0.25) is 0 Å². The quantitative estimate of drug-likeness (QED) is 0.472. The van der Waals surface area contributed by atoms with Crippen LogP contribution in [0.5, 0.6) is 5.75 Å². The zero-order valence-corrected chi connectivity index (χ0v) is 16.0. The topological polar surface area (TPSA) is 87.1 Å². The lowest BCUT2D eigenvalue weighted by atomic mass is 9.95. The molecule has 0 bridgehead atoms. The van der Waals surface area contributed by atoms with Crippen LogP contribution >= 0.6 is 0 Å². The summed E-state index contributed by atoms with van der Waals surface area (Å²) in [7, 11) is 1.55. The van der Waals surface area contributed by atoms with E-state index in [9.17, 15) is 19.8 Å². The molecule has 2 aromatic carbocycles. The van der Waals surface area contributed by atoms with Crippen molar-refractivity contribution in [3.8, 4) is 5.75 Å². The smallest absolute Gasteiger partial charge is 0.295 e. The van der Waals surface area contributed by atoms with Gasteiger partial charge in [-0.25, -0.2) is 0 Å². The number of methoxy groups -OCH3 is 1. The van der Waals surface area contributed by atoms with Crippen LogP contribution in [0, 0.1) is 6.92 Å². The van der Waals surface area contributed by atoms with Crippen molar-refractivity contribution in [2.75, 3.05) is 13.7 Å². The lowest BCUT2D eigenvalue weighted by molar-refractivity contribution is -0.140. The number of ketones is 1. The fourth-order valence-corrected chi connectivity index (χ4v) is 3.35. The van der Waals surface area contributed by atoms with Crippen molar-refractivity contribution in [1.82, 2.24) is 4.90 Å². The van der Waals surface area contributed by atoms with Gasteiger partial charge in [-0.05, 0) is 31.5 Å². The monoisotopic (exact) mass is 381 g/mol. The number of rotatable bonds is 5. The first-order chi connectivity index (χ1) is 13.3. The summed E-state index contributed by atoms with van der Waals surface area (Å²) in [4.78, 5) is 26.7. The van der Waals surface area contributed by atoms with Crippen molar-refractivity contribution in [2.45, 2.75) is 26.0 Å². The molecule has 0 saturated carbocycles. The van der Waals surface area contributed by atoms with E-state index < -0.39 is 23.8 Å². The minimum atomic E-state index is -0.821. The predicted molar refractivity (Wildman–Crippen MR) is 105 cm³/mol. The van der Waals surface area contributed by atoms with E-state index >= 15 is 0 Å². The highest BCUT2D eigenvalue weighted by atomic mass is 16.5. The maximum absolute atomic E-state index is 12.8. The number of benzene rings is 2. The minimum absolute atomic E-state index is 0.0136. The Balaban J connectivity index is 2.16. The molecule has 2 aromatic rings. The molecule has 146 valence electrons. The van der Waals surface area contributed by atoms with Crippen LogP contribution in [0.4, 0.5) is 0 Å². The lowest BCUT2D eigenvalue weighted by Crippen LogP contribution is -2.35. The zero-order chi connectivity index (χ0) is 20.4. The number of carbonyl (C=O) groups excluding carboxylic acids is 2. The van der Waals surface area contributed by atoms with E-state index in [-0.39, 0.29) is 17.9 Å². The molecule has 6 heteroatoms. The van der Waals surface area contributed by atoms with Crippen molar-refractivity contribution in [3.05, 3.63) is 70.8 Å². The van der Waals surface area contributed by atoms with Gasteiger partial charge in [0.05, 0.1) is 24.8 Å². The number of β-amino-alcohol motifs (C(OH)–C–C–N with tert-alkyl or cyclic N) is 1. The first-order valence-electron chi connectivity index (χ1n) is 9.01. The van der Waals surface area contributed by atoms with Crippen molar-refractivity contribution in [3.63, 3.8) is 0 Å². The normalized spacial score (nSPS) is 19.7. The second-order valence-corrected chi connectivity index (χ2v) is 6.94. The third-order valence-corrected chi connectivity index (χ3v) is 4.76. The van der Waals surface area contributed by atoms with Crippen LogP contribution in [0.1, 0.15) is 29.7 Å². The van der Waals surface area contributed by atoms with E-state index in [1.807, 2.05) is 19.1 Å². The highest BCUT2D eigenvalue weighted by molar-refractivity contribution is 6.46. The Morgan fingerprint density at radius 2 is 1.71 bits per heavy atom. The molecule has 0 radical (unpaired) electrons. The maximum atomic E-state index is 12.8. The fraction of sp³-hybridized carbons (Fsp3) is 0.273. The number of Topliss-reactive ketones (excluding diaryl/α,β-unsaturated/α-hetero) is 1. The van der Waals surface area contributed by atoms with Gasteiger partial charge in [-0.2, -0.15) is 0 Å². The van der Waals surface area contributed by atoms with E-state index in [0.717, 1.165) is 5.56 Å². The number of aliphatic hydroxyl groups excluding tert-OH is 2. The van der Waals surface area contributed by atoms with Crippen molar-refractivity contribution in [1.29, 1.82) is 0 Å². The van der Waals surface area contributed by atoms with E-state index in [4.69, 9.17) is 4.74 Å². The third kappa shape index (κ3) is 3.64. The number of amides is 1. The molecule has 0 spiro atoms. The number of hydrogen-bond donors (Lipinski definition) is 2.